The van der Waals surface area contributed by atoms with Crippen LogP contribution in [0.3, 0.4) is 0 Å². The van der Waals surface area contributed by atoms with Crippen molar-refractivity contribution < 1.29 is 55.9 Å². The number of azide groups is 1. The molecule has 0 radical (unpaired) electrons. The van der Waals surface area contributed by atoms with Crippen LogP contribution in [0, 0.1) is 23.7 Å². The molecule has 2 aromatic heterocycles. The van der Waals surface area contributed by atoms with E-state index in [1.54, 1.807) is 12.1 Å². The van der Waals surface area contributed by atoms with Crippen LogP contribution in [0.5, 0.6) is 0 Å². The van der Waals surface area contributed by atoms with Gasteiger partial charge in [-0.2, -0.15) is 26.3 Å². The fraction of sp³-hybridized carbons (Fsp3) is 0.568. The molecule has 0 N–H and O–H groups in total. The number of hydrogen-bond donors (Lipinski definition) is 0. The summed E-state index contributed by atoms with van der Waals surface area (Å²) in [6.45, 7) is 12.8. The van der Waals surface area contributed by atoms with Crippen LogP contribution in [0.4, 0.5) is 37.7 Å². The molecule has 2 saturated heterocycles. The molecule has 4 heterocycles. The van der Waals surface area contributed by atoms with Gasteiger partial charge in [-0.1, -0.05) is 30.6 Å². The number of fused-ring (bicyclic) bond motifs is 2. The molecule has 4 atom stereocenters. The molecular formula is C37H43F6N10NaS2. The van der Waals surface area contributed by atoms with Crippen LogP contribution in [0.25, 0.3) is 46.6 Å². The van der Waals surface area contributed by atoms with E-state index in [0.29, 0.717) is 23.1 Å². The first kappa shape index (κ1) is 44.2. The van der Waals surface area contributed by atoms with Crippen molar-refractivity contribution in [3.8, 4) is 0 Å². The van der Waals surface area contributed by atoms with Crippen molar-refractivity contribution in [2.45, 2.75) is 38.5 Å². The maximum Gasteiger partial charge on any atom is 1.00 e. The smallest absolute Gasteiger partial charge is 0.373 e. The van der Waals surface area contributed by atoms with Gasteiger partial charge in [-0.25, -0.2) is 0 Å². The third kappa shape index (κ3) is 11.2. The van der Waals surface area contributed by atoms with Gasteiger partial charge in [-0.05, 0) is 66.3 Å². The van der Waals surface area contributed by atoms with Crippen LogP contribution in [-0.4, -0.2) is 81.8 Å². The normalized spacial score (nSPS) is 22.6. The van der Waals surface area contributed by atoms with Crippen LogP contribution in [-0.2, 0) is 12.4 Å². The topological polar surface area (TPSA) is 120 Å². The van der Waals surface area contributed by atoms with Crippen LogP contribution in [0.15, 0.2) is 52.3 Å². The molecule has 4 aromatic rings. The van der Waals surface area contributed by atoms with E-state index < -0.39 is 23.5 Å². The second-order valence-electron chi connectivity index (χ2n) is 14.7. The summed E-state index contributed by atoms with van der Waals surface area (Å²) in [6.07, 6.45) is -4.76. The molecule has 4 fully saturated rings. The van der Waals surface area contributed by atoms with E-state index in [2.05, 4.69) is 36.5 Å². The van der Waals surface area contributed by atoms with E-state index in [1.807, 2.05) is 10.8 Å². The first-order valence-electron chi connectivity index (χ1n) is 18.4. The number of alkyl halides is 6. The Balaban J connectivity index is 0.000000198. The van der Waals surface area contributed by atoms with E-state index in [9.17, 15) is 26.3 Å². The summed E-state index contributed by atoms with van der Waals surface area (Å²) in [5, 5.41) is 9.48. The van der Waals surface area contributed by atoms with Crippen LogP contribution in [0.2, 0.25) is 0 Å². The van der Waals surface area contributed by atoms with Gasteiger partial charge in [0.1, 0.15) is 0 Å². The van der Waals surface area contributed by atoms with Crippen LogP contribution >= 0.6 is 22.7 Å². The molecule has 0 bridgehead atoms. The molecule has 56 heavy (non-hydrogen) atoms. The van der Waals surface area contributed by atoms with Gasteiger partial charge in [0, 0.05) is 108 Å². The molecule has 2 aliphatic carbocycles. The quantitative estimate of drug-likeness (QED) is 0.0560. The van der Waals surface area contributed by atoms with Gasteiger partial charge < -0.3 is 20.9 Å². The van der Waals surface area contributed by atoms with Crippen molar-refractivity contribution >= 4 is 54.2 Å². The van der Waals surface area contributed by atoms with E-state index in [-0.39, 0.29) is 29.6 Å². The van der Waals surface area contributed by atoms with Gasteiger partial charge in [-0.3, -0.25) is 14.7 Å². The summed E-state index contributed by atoms with van der Waals surface area (Å²) < 4.78 is 78.7. The Hall–Kier alpha value is -2.92. The van der Waals surface area contributed by atoms with Gasteiger partial charge in [0.15, 0.2) is 0 Å². The maximum atomic E-state index is 12.9. The van der Waals surface area contributed by atoms with Gasteiger partial charge >= 0.3 is 41.9 Å². The minimum absolute atomic E-state index is 0. The van der Waals surface area contributed by atoms with Gasteiger partial charge in [-0.15, -0.1) is 22.7 Å². The number of anilines is 2. The second-order valence-corrected chi connectivity index (χ2v) is 16.5. The summed E-state index contributed by atoms with van der Waals surface area (Å²) in [7, 11) is 0. The van der Waals surface area contributed by atoms with Crippen molar-refractivity contribution in [1.29, 1.82) is 0 Å². The number of piperazine rings is 2. The van der Waals surface area contributed by atoms with Crippen molar-refractivity contribution in [2.75, 3.05) is 81.8 Å². The molecule has 2 aromatic carbocycles. The molecule has 8 rings (SSSR count). The molecule has 2 aliphatic heterocycles. The average Bonchev–Trinajstić information content (AvgIpc) is 3.99. The zero-order chi connectivity index (χ0) is 39.3. The molecule has 0 amide bonds. The second kappa shape index (κ2) is 19.2. The number of hydrogen-bond acceptors (Lipinski definition) is 7. The van der Waals surface area contributed by atoms with Gasteiger partial charge in [0.05, 0.1) is 22.5 Å². The first-order chi connectivity index (χ1) is 26.3. The fourth-order valence-electron chi connectivity index (χ4n) is 7.81. The predicted molar refractivity (Wildman–Crippen MR) is 209 cm³/mol. The molecule has 0 spiro atoms. The van der Waals surface area contributed by atoms with Crippen LogP contribution in [0.1, 0.15) is 37.3 Å². The zero-order valence-electron chi connectivity index (χ0n) is 31.4. The fourth-order valence-corrected chi connectivity index (χ4v) is 9.83. The molecule has 2 unspecified atom stereocenters. The van der Waals surface area contributed by atoms with E-state index >= 15 is 0 Å². The third-order valence-electron chi connectivity index (χ3n) is 11.2. The standard InChI is InChI=1S/C19H23F3N2S.C18H20F3N5S.N3.Na/c1-2-13-9-14(13)11-23-5-7-24(8-6-23)17-12-25-18-10-15(19(20,21)22)3-4-16(17)18;19-18(20,21)14-1-2-15-16(11-27-17(15)8-14)26-5-3-25(4-6-26)10-13-7-12(13)9-23-24-22;1-3-2;/h3-4,10,12-14H,2,5-9,11H2,1H3;1-2,8,11-13H,3-7,9-10H2;;/q;;-1;+1/t13-,14?;12-,13?;;/m10../s1. The molecule has 2 saturated carbocycles. The van der Waals surface area contributed by atoms with E-state index in [1.165, 1.54) is 71.2 Å². The average molecular weight is 829 g/mol. The maximum absolute atomic E-state index is 12.9. The number of nitrogens with zero attached hydrogens (tertiary/aromatic N) is 10. The van der Waals surface area contributed by atoms with E-state index in [0.717, 1.165) is 104 Å². The SMILES string of the molecule is CC[C@@H]1CC1CN1CCN(c2csc3cc(C(F)(F)F)ccc23)CC1.[N-]=[N+]=NC[C@@H]1CC1CN1CCN(c2csc3cc(C(F)(F)F)ccc23)CC1.[N-]=[N+]=[N-].[Na+]. The monoisotopic (exact) mass is 828 g/mol. The van der Waals surface area contributed by atoms with Gasteiger partial charge in [0.25, 0.3) is 0 Å². The summed E-state index contributed by atoms with van der Waals surface area (Å²) in [6, 6.07) is 8.13. The molecule has 19 heteroatoms. The summed E-state index contributed by atoms with van der Waals surface area (Å²) in [5.74, 6) is 2.98. The van der Waals surface area contributed by atoms with Crippen molar-refractivity contribution in [1.82, 2.24) is 9.80 Å². The Labute approximate surface area is 351 Å². The molecule has 10 nitrogen and oxygen atoms in total. The van der Waals surface area contributed by atoms with Crippen molar-refractivity contribution in [2.24, 2.45) is 28.8 Å². The number of rotatable bonds is 9. The zero-order valence-corrected chi connectivity index (χ0v) is 35.0. The minimum Gasteiger partial charge on any atom is -0.373 e. The number of thiophene rings is 2. The van der Waals surface area contributed by atoms with E-state index in [4.69, 9.17) is 16.6 Å². The third-order valence-corrected chi connectivity index (χ3v) is 13.1. The Morgan fingerprint density at radius 3 is 1.45 bits per heavy atom. The Morgan fingerprint density at radius 1 is 0.661 bits per heavy atom. The minimum atomic E-state index is -4.30. The first-order valence-corrected chi connectivity index (χ1v) is 20.2. The van der Waals surface area contributed by atoms with Crippen molar-refractivity contribution in [3.05, 3.63) is 84.7 Å². The molecule has 4 aliphatic rings. The number of halogens is 6. The largest absolute Gasteiger partial charge is 1.00 e. The molecule has 296 valence electrons. The Morgan fingerprint density at radius 2 is 1.07 bits per heavy atom. The van der Waals surface area contributed by atoms with Crippen LogP contribution < -0.4 is 39.4 Å². The van der Waals surface area contributed by atoms with Crippen molar-refractivity contribution in [3.63, 3.8) is 0 Å². The van der Waals surface area contributed by atoms with Gasteiger partial charge in [0.2, 0.25) is 0 Å². The summed E-state index contributed by atoms with van der Waals surface area (Å²) in [4.78, 5) is 13.9. The Kier molecular flexibility index (Phi) is 15.2. The number of benzene rings is 2. The summed E-state index contributed by atoms with van der Waals surface area (Å²) in [5.41, 5.74) is 22.9. The molecular weight excluding hydrogens is 786 g/mol. The summed E-state index contributed by atoms with van der Waals surface area (Å²) >= 11 is 2.78. The Bertz CT molecular complexity index is 1990. The predicted octanol–water partition coefficient (Wildman–Crippen LogP) is 7.95.